The lowest BCUT2D eigenvalue weighted by Crippen LogP contribution is -2.21. The Morgan fingerprint density at radius 3 is 2.59 bits per heavy atom. The number of fused-ring (bicyclic) bond motifs is 1. The molecule has 0 unspecified atom stereocenters. The molecule has 146 valence electrons. The lowest BCUT2D eigenvalue weighted by atomic mass is 10.1. The van der Waals surface area contributed by atoms with Gasteiger partial charge in [0.15, 0.2) is 10.9 Å². The first-order valence-corrected chi connectivity index (χ1v) is 11.0. The fraction of sp³-hybridized carbons (Fsp3) is 0.136. The van der Waals surface area contributed by atoms with E-state index in [4.69, 9.17) is 0 Å². The van der Waals surface area contributed by atoms with E-state index in [1.54, 1.807) is 10.6 Å². The number of halogens is 1. The van der Waals surface area contributed by atoms with E-state index >= 15 is 0 Å². The van der Waals surface area contributed by atoms with E-state index in [-0.39, 0.29) is 17.2 Å². The van der Waals surface area contributed by atoms with Crippen molar-refractivity contribution >= 4 is 39.1 Å². The number of aromatic nitrogens is 2. The summed E-state index contributed by atoms with van der Waals surface area (Å²) < 4.78 is 14.6. The Labute approximate surface area is 175 Å². The number of Topliss-reactive ketones (excluding diaryl/α,β-unsaturated/α-hetero) is 1. The maximum atomic E-state index is 13.0. The van der Waals surface area contributed by atoms with E-state index < -0.39 is 0 Å². The molecule has 0 radical (unpaired) electrons. The minimum absolute atomic E-state index is 0.0206. The minimum Gasteiger partial charge on any atom is -0.294 e. The molecule has 2 aromatic carbocycles. The van der Waals surface area contributed by atoms with Crippen LogP contribution in [-0.4, -0.2) is 21.1 Å². The van der Waals surface area contributed by atoms with Crippen LogP contribution >= 0.6 is 23.1 Å². The minimum atomic E-state index is -0.356. The maximum absolute atomic E-state index is 13.0. The molecule has 0 spiro atoms. The molecular weight excluding hydrogens is 407 g/mol. The molecule has 0 amide bonds. The molecule has 0 aliphatic rings. The highest BCUT2D eigenvalue weighted by molar-refractivity contribution is 7.99. The first-order valence-electron chi connectivity index (χ1n) is 9.11. The molecule has 0 aliphatic heterocycles. The zero-order chi connectivity index (χ0) is 20.2. The highest BCUT2D eigenvalue weighted by Crippen LogP contribution is 2.24. The van der Waals surface area contributed by atoms with Gasteiger partial charge in [-0.1, -0.05) is 30.0 Å². The number of rotatable bonds is 7. The van der Waals surface area contributed by atoms with Gasteiger partial charge in [-0.3, -0.25) is 14.2 Å². The maximum Gasteiger partial charge on any atom is 0.267 e. The lowest BCUT2D eigenvalue weighted by Gasteiger charge is -2.11. The first-order chi connectivity index (χ1) is 14.1. The van der Waals surface area contributed by atoms with Crippen LogP contribution in [-0.2, 0) is 0 Å². The first kappa shape index (κ1) is 19.5. The predicted molar refractivity (Wildman–Crippen MR) is 116 cm³/mol. The number of thiophene rings is 1. The van der Waals surface area contributed by atoms with Gasteiger partial charge in [0.25, 0.3) is 5.56 Å². The molecule has 0 fully saturated rings. The van der Waals surface area contributed by atoms with Crippen LogP contribution in [0.15, 0.2) is 76.0 Å². The molecule has 29 heavy (non-hydrogen) atoms. The van der Waals surface area contributed by atoms with Crippen molar-refractivity contribution in [1.82, 2.24) is 9.55 Å². The number of carbonyl (C=O) groups is 1. The van der Waals surface area contributed by atoms with Crippen molar-refractivity contribution in [2.75, 3.05) is 5.75 Å². The summed E-state index contributed by atoms with van der Waals surface area (Å²) in [5, 5.41) is 3.09. The van der Waals surface area contributed by atoms with Crippen LogP contribution < -0.4 is 5.56 Å². The summed E-state index contributed by atoms with van der Waals surface area (Å²) in [5.41, 5.74) is 1.19. The van der Waals surface area contributed by atoms with Gasteiger partial charge in [-0.25, -0.2) is 9.37 Å². The van der Waals surface area contributed by atoms with Gasteiger partial charge in [0.1, 0.15) is 10.6 Å². The normalized spacial score (nSPS) is 11.1. The van der Waals surface area contributed by atoms with Crippen molar-refractivity contribution in [2.24, 2.45) is 0 Å². The predicted octanol–water partition coefficient (Wildman–Crippen LogP) is 5.34. The third-order valence-corrected chi connectivity index (χ3v) is 6.26. The third kappa shape index (κ3) is 4.31. The highest BCUT2D eigenvalue weighted by atomic mass is 32.2. The highest BCUT2D eigenvalue weighted by Gasteiger charge is 2.14. The number of para-hydroxylation sites is 1. The monoisotopic (exact) mass is 424 g/mol. The van der Waals surface area contributed by atoms with Gasteiger partial charge in [-0.2, -0.15) is 0 Å². The second kappa shape index (κ2) is 8.71. The summed E-state index contributed by atoms with van der Waals surface area (Å²) in [6.07, 6.45) is 0.990. The molecular formula is C22H17FN2O2S2. The van der Waals surface area contributed by atoms with Crippen molar-refractivity contribution in [3.05, 3.63) is 87.8 Å². The molecule has 0 atom stereocenters. The van der Waals surface area contributed by atoms with Gasteiger partial charge in [0, 0.05) is 17.7 Å². The Morgan fingerprint density at radius 1 is 1.07 bits per heavy atom. The topological polar surface area (TPSA) is 52.0 Å². The SMILES string of the molecule is O=C(CCCSc1nc2sccc2c(=O)n1-c1ccccc1)c1ccc(F)cc1. The lowest BCUT2D eigenvalue weighted by molar-refractivity contribution is 0.0982. The Balaban J connectivity index is 1.51. The molecule has 4 rings (SSSR count). The van der Waals surface area contributed by atoms with Crippen LogP contribution in [0.5, 0.6) is 0 Å². The molecule has 4 nitrogen and oxygen atoms in total. The number of hydrogen-bond donors (Lipinski definition) is 0. The van der Waals surface area contributed by atoms with Crippen LogP contribution in [0.25, 0.3) is 15.9 Å². The summed E-state index contributed by atoms with van der Waals surface area (Å²) in [6, 6.07) is 16.8. The van der Waals surface area contributed by atoms with Crippen molar-refractivity contribution in [3.8, 4) is 5.69 Å². The van der Waals surface area contributed by atoms with Crippen LogP contribution in [0.4, 0.5) is 4.39 Å². The molecule has 0 N–H and O–H groups in total. The van der Waals surface area contributed by atoms with Gasteiger partial charge in [-0.05, 0) is 54.3 Å². The Morgan fingerprint density at radius 2 is 1.83 bits per heavy atom. The largest absolute Gasteiger partial charge is 0.294 e. The molecule has 7 heteroatoms. The Kier molecular flexibility index (Phi) is 5.87. The van der Waals surface area contributed by atoms with Crippen LogP contribution in [0, 0.1) is 5.82 Å². The number of thioether (sulfide) groups is 1. The molecule has 4 aromatic rings. The fourth-order valence-electron chi connectivity index (χ4n) is 2.97. The zero-order valence-corrected chi connectivity index (χ0v) is 17.0. The number of benzene rings is 2. The quantitative estimate of drug-likeness (QED) is 0.174. The van der Waals surface area contributed by atoms with Gasteiger partial charge in [0.2, 0.25) is 0 Å². The smallest absolute Gasteiger partial charge is 0.267 e. The molecule has 0 saturated heterocycles. The van der Waals surface area contributed by atoms with E-state index in [0.717, 1.165) is 5.69 Å². The van der Waals surface area contributed by atoms with E-state index in [0.29, 0.717) is 39.5 Å². The van der Waals surface area contributed by atoms with Crippen molar-refractivity contribution in [1.29, 1.82) is 0 Å². The Hall–Kier alpha value is -2.77. The summed E-state index contributed by atoms with van der Waals surface area (Å²) in [7, 11) is 0. The molecule has 2 heterocycles. The molecule has 0 bridgehead atoms. The van der Waals surface area contributed by atoms with Gasteiger partial charge in [0.05, 0.1) is 11.1 Å². The van der Waals surface area contributed by atoms with E-state index in [2.05, 4.69) is 4.98 Å². The second-order valence-electron chi connectivity index (χ2n) is 6.39. The van der Waals surface area contributed by atoms with E-state index in [1.165, 1.54) is 47.4 Å². The van der Waals surface area contributed by atoms with Crippen LogP contribution in [0.1, 0.15) is 23.2 Å². The van der Waals surface area contributed by atoms with Crippen molar-refractivity contribution in [2.45, 2.75) is 18.0 Å². The van der Waals surface area contributed by atoms with Gasteiger partial charge >= 0.3 is 0 Å². The summed E-state index contributed by atoms with van der Waals surface area (Å²) in [6.45, 7) is 0. The van der Waals surface area contributed by atoms with Gasteiger partial charge in [-0.15, -0.1) is 11.3 Å². The summed E-state index contributed by atoms with van der Waals surface area (Å²) >= 11 is 2.90. The van der Waals surface area contributed by atoms with Gasteiger partial charge < -0.3 is 0 Å². The van der Waals surface area contributed by atoms with E-state index in [9.17, 15) is 14.0 Å². The number of ketones is 1. The molecule has 0 aliphatic carbocycles. The second-order valence-corrected chi connectivity index (χ2v) is 8.35. The van der Waals surface area contributed by atoms with Crippen molar-refractivity contribution in [3.63, 3.8) is 0 Å². The Bertz CT molecular complexity index is 1200. The van der Waals surface area contributed by atoms with Crippen molar-refractivity contribution < 1.29 is 9.18 Å². The van der Waals surface area contributed by atoms with Crippen LogP contribution in [0.2, 0.25) is 0 Å². The third-order valence-electron chi connectivity index (χ3n) is 4.43. The van der Waals surface area contributed by atoms with Crippen LogP contribution in [0.3, 0.4) is 0 Å². The standard InChI is InChI=1S/C22H17FN2O2S2/c23-16-10-8-15(9-11-16)19(26)7-4-13-29-22-24-20-18(12-14-28-20)21(27)25(22)17-5-2-1-3-6-17/h1-3,5-6,8-12,14H,4,7,13H2. The number of nitrogens with zero attached hydrogens (tertiary/aromatic N) is 2. The molecule has 0 saturated carbocycles. The summed E-state index contributed by atoms with van der Waals surface area (Å²) in [4.78, 5) is 30.6. The fourth-order valence-corrected chi connectivity index (χ4v) is 4.73. The summed E-state index contributed by atoms with van der Waals surface area (Å²) in [5.74, 6) is 0.266. The molecule has 2 aromatic heterocycles. The van der Waals surface area contributed by atoms with E-state index in [1.807, 2.05) is 35.7 Å². The zero-order valence-electron chi connectivity index (χ0n) is 15.4. The number of hydrogen-bond acceptors (Lipinski definition) is 5. The average molecular weight is 425 g/mol. The average Bonchev–Trinajstić information content (AvgIpc) is 3.21. The number of carbonyl (C=O) groups excluding carboxylic acids is 1.